The van der Waals surface area contributed by atoms with Gasteiger partial charge in [0.05, 0.1) is 6.10 Å². The van der Waals surface area contributed by atoms with Crippen molar-refractivity contribution in [2.45, 2.75) is 46.3 Å². The molecule has 0 saturated carbocycles. The minimum Gasteiger partial charge on any atom is -0.388 e. The van der Waals surface area contributed by atoms with Crippen LogP contribution in [0.5, 0.6) is 0 Å². The molecule has 0 aliphatic rings. The molecule has 0 aromatic heterocycles. The smallest absolute Gasteiger partial charge is 0.0807 e. The SMILES string of the molecule is Cc1ccccc1[C@H](O)C[C@H](N)C(C)(C)C. The average molecular weight is 221 g/mol. The first-order valence-corrected chi connectivity index (χ1v) is 5.81. The zero-order chi connectivity index (χ0) is 12.3. The van der Waals surface area contributed by atoms with Crippen molar-refractivity contribution in [2.75, 3.05) is 0 Å². The molecule has 1 aromatic carbocycles. The zero-order valence-corrected chi connectivity index (χ0v) is 10.7. The first kappa shape index (κ1) is 13.2. The van der Waals surface area contributed by atoms with Crippen LogP contribution in [-0.2, 0) is 0 Å². The summed E-state index contributed by atoms with van der Waals surface area (Å²) in [7, 11) is 0. The largest absolute Gasteiger partial charge is 0.388 e. The van der Waals surface area contributed by atoms with E-state index < -0.39 is 6.10 Å². The first-order valence-electron chi connectivity index (χ1n) is 5.81. The average Bonchev–Trinajstić information content (AvgIpc) is 2.16. The predicted octanol–water partition coefficient (Wildman–Crippen LogP) is 2.79. The number of hydrogen-bond donors (Lipinski definition) is 2. The Balaban J connectivity index is 2.73. The molecule has 2 atom stereocenters. The van der Waals surface area contributed by atoms with Crippen molar-refractivity contribution < 1.29 is 5.11 Å². The van der Waals surface area contributed by atoms with Gasteiger partial charge in [-0.3, -0.25) is 0 Å². The van der Waals surface area contributed by atoms with Crippen LogP contribution in [0.3, 0.4) is 0 Å². The van der Waals surface area contributed by atoms with E-state index in [1.807, 2.05) is 31.2 Å². The number of aliphatic hydroxyl groups excluding tert-OH is 1. The van der Waals surface area contributed by atoms with Crippen molar-refractivity contribution in [3.63, 3.8) is 0 Å². The minimum absolute atomic E-state index is 0.00195. The van der Waals surface area contributed by atoms with Crippen molar-refractivity contribution >= 4 is 0 Å². The van der Waals surface area contributed by atoms with Crippen LogP contribution in [0.1, 0.15) is 44.4 Å². The van der Waals surface area contributed by atoms with Gasteiger partial charge in [0.15, 0.2) is 0 Å². The molecule has 16 heavy (non-hydrogen) atoms. The maximum atomic E-state index is 10.2. The van der Waals surface area contributed by atoms with Gasteiger partial charge in [0.1, 0.15) is 0 Å². The molecule has 0 radical (unpaired) electrons. The fraction of sp³-hybridized carbons (Fsp3) is 0.571. The first-order chi connectivity index (χ1) is 7.32. The number of benzene rings is 1. The summed E-state index contributed by atoms with van der Waals surface area (Å²) in [4.78, 5) is 0. The van der Waals surface area contributed by atoms with Crippen LogP contribution < -0.4 is 5.73 Å². The van der Waals surface area contributed by atoms with Crippen LogP contribution in [0.4, 0.5) is 0 Å². The molecule has 0 aliphatic carbocycles. The Bertz CT molecular complexity index is 341. The van der Waals surface area contributed by atoms with Crippen molar-refractivity contribution in [2.24, 2.45) is 11.1 Å². The molecule has 0 fully saturated rings. The highest BCUT2D eigenvalue weighted by molar-refractivity contribution is 5.27. The van der Waals surface area contributed by atoms with E-state index in [1.165, 1.54) is 0 Å². The highest BCUT2D eigenvalue weighted by Gasteiger charge is 2.24. The van der Waals surface area contributed by atoms with Crippen molar-refractivity contribution in [3.8, 4) is 0 Å². The predicted molar refractivity (Wildman–Crippen MR) is 68.2 cm³/mol. The highest BCUT2D eigenvalue weighted by atomic mass is 16.3. The molecular weight excluding hydrogens is 198 g/mol. The summed E-state index contributed by atoms with van der Waals surface area (Å²) >= 11 is 0. The van der Waals surface area contributed by atoms with Gasteiger partial charge in [0.2, 0.25) is 0 Å². The molecule has 90 valence electrons. The lowest BCUT2D eigenvalue weighted by Crippen LogP contribution is -2.36. The summed E-state index contributed by atoms with van der Waals surface area (Å²) < 4.78 is 0. The monoisotopic (exact) mass is 221 g/mol. The van der Waals surface area contributed by atoms with Crippen LogP contribution in [0.2, 0.25) is 0 Å². The van der Waals surface area contributed by atoms with Crippen LogP contribution in [0.15, 0.2) is 24.3 Å². The van der Waals surface area contributed by atoms with Crippen molar-refractivity contribution in [1.29, 1.82) is 0 Å². The zero-order valence-electron chi connectivity index (χ0n) is 10.7. The Hall–Kier alpha value is -0.860. The number of hydrogen-bond acceptors (Lipinski definition) is 2. The van der Waals surface area contributed by atoms with Crippen LogP contribution in [0, 0.1) is 12.3 Å². The molecule has 2 heteroatoms. The molecule has 3 N–H and O–H groups in total. The van der Waals surface area contributed by atoms with Gasteiger partial charge in [-0.2, -0.15) is 0 Å². The highest BCUT2D eigenvalue weighted by Crippen LogP contribution is 2.27. The lowest BCUT2D eigenvalue weighted by atomic mass is 9.83. The molecule has 0 heterocycles. The van der Waals surface area contributed by atoms with Crippen molar-refractivity contribution in [1.82, 2.24) is 0 Å². The van der Waals surface area contributed by atoms with E-state index in [1.54, 1.807) is 0 Å². The fourth-order valence-corrected chi connectivity index (χ4v) is 1.68. The summed E-state index contributed by atoms with van der Waals surface area (Å²) in [6.07, 6.45) is 0.143. The second-order valence-electron chi connectivity index (χ2n) is 5.58. The van der Waals surface area contributed by atoms with E-state index in [9.17, 15) is 5.11 Å². The Kier molecular flexibility index (Phi) is 4.11. The third kappa shape index (κ3) is 3.32. The summed E-state index contributed by atoms with van der Waals surface area (Å²) in [6.45, 7) is 8.31. The van der Waals surface area contributed by atoms with Gasteiger partial charge in [-0.1, -0.05) is 45.0 Å². The standard InChI is InChI=1S/C14H23NO/c1-10-7-5-6-8-11(10)12(16)9-13(15)14(2,3)4/h5-8,12-13,16H,9,15H2,1-4H3/t12-,13+/m1/s1. The van der Waals surface area contributed by atoms with E-state index in [2.05, 4.69) is 20.8 Å². The molecule has 0 bridgehead atoms. The summed E-state index contributed by atoms with van der Waals surface area (Å²) in [6, 6.07) is 7.92. The normalized spacial score (nSPS) is 15.9. The third-order valence-electron chi connectivity index (χ3n) is 3.14. The molecule has 2 nitrogen and oxygen atoms in total. The van der Waals surface area contributed by atoms with E-state index in [0.29, 0.717) is 6.42 Å². The molecule has 0 spiro atoms. The number of rotatable bonds is 3. The Labute approximate surface area is 98.5 Å². The number of nitrogens with two attached hydrogens (primary N) is 1. The maximum absolute atomic E-state index is 10.2. The van der Waals surface area contributed by atoms with E-state index in [-0.39, 0.29) is 11.5 Å². The van der Waals surface area contributed by atoms with Gasteiger partial charge in [0, 0.05) is 6.04 Å². The lowest BCUT2D eigenvalue weighted by molar-refractivity contribution is 0.133. The second-order valence-corrected chi connectivity index (χ2v) is 5.58. The number of aryl methyl sites for hydroxylation is 1. The van der Waals surface area contributed by atoms with E-state index in [0.717, 1.165) is 11.1 Å². The van der Waals surface area contributed by atoms with Gasteiger partial charge in [-0.25, -0.2) is 0 Å². The van der Waals surface area contributed by atoms with Crippen molar-refractivity contribution in [3.05, 3.63) is 35.4 Å². The molecule has 0 amide bonds. The fourth-order valence-electron chi connectivity index (χ4n) is 1.68. The van der Waals surface area contributed by atoms with Gasteiger partial charge in [-0.05, 0) is 29.9 Å². The topological polar surface area (TPSA) is 46.2 Å². The Morgan fingerprint density at radius 2 is 1.81 bits per heavy atom. The van der Waals surface area contributed by atoms with Gasteiger partial charge >= 0.3 is 0 Å². The lowest BCUT2D eigenvalue weighted by Gasteiger charge is -2.29. The molecule has 1 aromatic rings. The quantitative estimate of drug-likeness (QED) is 0.824. The maximum Gasteiger partial charge on any atom is 0.0807 e. The van der Waals surface area contributed by atoms with Crippen LogP contribution >= 0.6 is 0 Å². The summed E-state index contributed by atoms with van der Waals surface area (Å²) in [5.41, 5.74) is 8.22. The second kappa shape index (κ2) is 4.98. The molecule has 0 aliphatic heterocycles. The van der Waals surface area contributed by atoms with Crippen LogP contribution in [0.25, 0.3) is 0 Å². The van der Waals surface area contributed by atoms with E-state index in [4.69, 9.17) is 5.73 Å². The molecule has 1 rings (SSSR count). The Morgan fingerprint density at radius 1 is 1.25 bits per heavy atom. The Morgan fingerprint density at radius 3 is 2.31 bits per heavy atom. The van der Waals surface area contributed by atoms with Gasteiger partial charge in [-0.15, -0.1) is 0 Å². The summed E-state index contributed by atoms with van der Waals surface area (Å²) in [5, 5.41) is 10.2. The molecule has 0 saturated heterocycles. The molecule has 0 unspecified atom stereocenters. The van der Waals surface area contributed by atoms with Gasteiger partial charge < -0.3 is 10.8 Å². The summed E-state index contributed by atoms with van der Waals surface area (Å²) in [5.74, 6) is 0. The molecular formula is C14H23NO. The number of aliphatic hydroxyl groups is 1. The van der Waals surface area contributed by atoms with Crippen LogP contribution in [-0.4, -0.2) is 11.1 Å². The third-order valence-corrected chi connectivity index (χ3v) is 3.14. The van der Waals surface area contributed by atoms with E-state index >= 15 is 0 Å². The van der Waals surface area contributed by atoms with Gasteiger partial charge in [0.25, 0.3) is 0 Å². The minimum atomic E-state index is -0.463.